The van der Waals surface area contributed by atoms with Crippen LogP contribution in [0.4, 0.5) is 0 Å². The zero-order valence-electron chi connectivity index (χ0n) is 17.0. The SMILES string of the molecule is CCC(=O)OCCCc1nc(-c2ccc(OC)cc2)c(-c2ccc(OC)cc2)[nH]1. The Bertz CT molecular complexity index is 866. The summed E-state index contributed by atoms with van der Waals surface area (Å²) in [6.45, 7) is 2.18. The van der Waals surface area contributed by atoms with E-state index in [1.807, 2.05) is 48.5 Å². The van der Waals surface area contributed by atoms with Crippen LogP contribution in [0.3, 0.4) is 0 Å². The summed E-state index contributed by atoms with van der Waals surface area (Å²) in [7, 11) is 3.30. The summed E-state index contributed by atoms with van der Waals surface area (Å²) in [6, 6.07) is 15.7. The number of hydrogen-bond donors (Lipinski definition) is 1. The molecule has 6 nitrogen and oxygen atoms in total. The van der Waals surface area contributed by atoms with Crippen molar-refractivity contribution in [1.82, 2.24) is 9.97 Å². The summed E-state index contributed by atoms with van der Waals surface area (Å²) in [5.41, 5.74) is 3.83. The summed E-state index contributed by atoms with van der Waals surface area (Å²) >= 11 is 0. The highest BCUT2D eigenvalue weighted by molar-refractivity contribution is 5.79. The van der Waals surface area contributed by atoms with Crippen LogP contribution in [0, 0.1) is 0 Å². The molecule has 0 bridgehead atoms. The van der Waals surface area contributed by atoms with E-state index in [4.69, 9.17) is 19.2 Å². The number of aryl methyl sites for hydroxylation is 1. The summed E-state index contributed by atoms with van der Waals surface area (Å²) in [5, 5.41) is 0. The normalized spacial score (nSPS) is 10.6. The molecule has 0 saturated carbocycles. The molecule has 0 radical (unpaired) electrons. The van der Waals surface area contributed by atoms with E-state index in [9.17, 15) is 4.79 Å². The van der Waals surface area contributed by atoms with Crippen LogP contribution >= 0.6 is 0 Å². The molecule has 0 aliphatic heterocycles. The van der Waals surface area contributed by atoms with Gasteiger partial charge in [-0.2, -0.15) is 0 Å². The fourth-order valence-corrected chi connectivity index (χ4v) is 2.99. The number of imidazole rings is 1. The second kappa shape index (κ2) is 9.78. The van der Waals surface area contributed by atoms with E-state index >= 15 is 0 Å². The number of benzene rings is 2. The number of hydrogen-bond acceptors (Lipinski definition) is 5. The van der Waals surface area contributed by atoms with Crippen LogP contribution in [0.1, 0.15) is 25.6 Å². The van der Waals surface area contributed by atoms with Crippen molar-refractivity contribution in [3.05, 3.63) is 54.4 Å². The Balaban J connectivity index is 1.86. The van der Waals surface area contributed by atoms with Gasteiger partial charge in [-0.1, -0.05) is 6.92 Å². The first-order valence-electron chi connectivity index (χ1n) is 9.68. The molecule has 0 amide bonds. The lowest BCUT2D eigenvalue weighted by molar-refractivity contribution is -0.143. The molecule has 0 atom stereocenters. The number of esters is 1. The molecule has 0 aliphatic rings. The number of carbonyl (C=O) groups excluding carboxylic acids is 1. The van der Waals surface area contributed by atoms with Gasteiger partial charge in [0, 0.05) is 24.0 Å². The third-order valence-corrected chi connectivity index (χ3v) is 4.60. The van der Waals surface area contributed by atoms with Crippen molar-refractivity contribution < 1.29 is 19.0 Å². The van der Waals surface area contributed by atoms with Gasteiger partial charge in [-0.05, 0) is 55.0 Å². The lowest BCUT2D eigenvalue weighted by Crippen LogP contribution is -2.05. The molecular formula is C23H26N2O4. The van der Waals surface area contributed by atoms with Crippen molar-refractivity contribution >= 4 is 5.97 Å². The molecule has 0 saturated heterocycles. The third-order valence-electron chi connectivity index (χ3n) is 4.60. The van der Waals surface area contributed by atoms with E-state index in [1.54, 1.807) is 21.1 Å². The van der Waals surface area contributed by atoms with Crippen molar-refractivity contribution in [3.63, 3.8) is 0 Å². The molecule has 1 N–H and O–H groups in total. The third kappa shape index (κ3) is 5.16. The van der Waals surface area contributed by atoms with Crippen LogP contribution in [0.15, 0.2) is 48.5 Å². The molecule has 0 unspecified atom stereocenters. The average molecular weight is 394 g/mol. The molecule has 1 heterocycles. The van der Waals surface area contributed by atoms with Gasteiger partial charge in [-0.15, -0.1) is 0 Å². The minimum atomic E-state index is -0.178. The van der Waals surface area contributed by atoms with E-state index in [-0.39, 0.29) is 5.97 Å². The van der Waals surface area contributed by atoms with Crippen LogP contribution in [-0.2, 0) is 16.0 Å². The molecule has 29 heavy (non-hydrogen) atoms. The smallest absolute Gasteiger partial charge is 0.305 e. The number of ether oxygens (including phenoxy) is 3. The molecule has 3 rings (SSSR count). The first-order chi connectivity index (χ1) is 14.1. The zero-order valence-corrected chi connectivity index (χ0v) is 17.0. The van der Waals surface area contributed by atoms with E-state index in [0.29, 0.717) is 25.9 Å². The second-order valence-corrected chi connectivity index (χ2v) is 6.54. The Labute approximate surface area is 170 Å². The topological polar surface area (TPSA) is 73.4 Å². The van der Waals surface area contributed by atoms with Gasteiger partial charge in [-0.3, -0.25) is 4.79 Å². The first kappa shape index (κ1) is 20.5. The highest BCUT2D eigenvalue weighted by Gasteiger charge is 2.15. The minimum absolute atomic E-state index is 0.178. The maximum Gasteiger partial charge on any atom is 0.305 e. The van der Waals surface area contributed by atoms with Crippen molar-refractivity contribution in [1.29, 1.82) is 0 Å². The molecule has 0 aliphatic carbocycles. The molecule has 3 aromatic rings. The van der Waals surface area contributed by atoms with Crippen molar-refractivity contribution in [3.8, 4) is 34.0 Å². The van der Waals surface area contributed by atoms with E-state index < -0.39 is 0 Å². The van der Waals surface area contributed by atoms with Crippen LogP contribution in [-0.4, -0.2) is 36.8 Å². The number of methoxy groups -OCH3 is 2. The van der Waals surface area contributed by atoms with Gasteiger partial charge < -0.3 is 19.2 Å². The molecule has 1 aromatic heterocycles. The molecule has 0 spiro atoms. The number of rotatable bonds is 9. The summed E-state index contributed by atoms with van der Waals surface area (Å²) < 4.78 is 15.7. The average Bonchev–Trinajstić information content (AvgIpc) is 3.20. The monoisotopic (exact) mass is 394 g/mol. The number of nitrogens with zero attached hydrogens (tertiary/aromatic N) is 1. The van der Waals surface area contributed by atoms with Gasteiger partial charge >= 0.3 is 5.97 Å². The van der Waals surface area contributed by atoms with Crippen LogP contribution < -0.4 is 9.47 Å². The van der Waals surface area contributed by atoms with Crippen molar-refractivity contribution in [2.75, 3.05) is 20.8 Å². The number of carbonyl (C=O) groups is 1. The fraction of sp³-hybridized carbons (Fsp3) is 0.304. The Morgan fingerprint density at radius 3 is 2.07 bits per heavy atom. The summed E-state index contributed by atoms with van der Waals surface area (Å²) in [6.07, 6.45) is 1.80. The van der Waals surface area contributed by atoms with Gasteiger partial charge in [0.15, 0.2) is 0 Å². The Morgan fingerprint density at radius 1 is 0.931 bits per heavy atom. The minimum Gasteiger partial charge on any atom is -0.497 e. The maximum absolute atomic E-state index is 11.3. The Morgan fingerprint density at radius 2 is 1.52 bits per heavy atom. The fourth-order valence-electron chi connectivity index (χ4n) is 2.99. The summed E-state index contributed by atoms with van der Waals surface area (Å²) in [4.78, 5) is 19.6. The van der Waals surface area contributed by atoms with Gasteiger partial charge in [0.05, 0.1) is 32.2 Å². The highest BCUT2D eigenvalue weighted by atomic mass is 16.5. The largest absolute Gasteiger partial charge is 0.497 e. The highest BCUT2D eigenvalue weighted by Crippen LogP contribution is 2.32. The van der Waals surface area contributed by atoms with E-state index in [0.717, 1.165) is 39.8 Å². The quantitative estimate of drug-likeness (QED) is 0.422. The number of aromatic amines is 1. The standard InChI is InChI=1S/C23H26N2O4/c1-4-21(26)29-15-5-6-20-24-22(16-7-11-18(27-2)12-8-16)23(25-20)17-9-13-19(28-3)14-10-17/h7-14H,4-6,15H2,1-3H3,(H,24,25). The Kier molecular flexibility index (Phi) is 6.89. The van der Waals surface area contributed by atoms with Gasteiger partial charge in [0.2, 0.25) is 0 Å². The van der Waals surface area contributed by atoms with Crippen LogP contribution in [0.2, 0.25) is 0 Å². The number of nitrogens with one attached hydrogen (secondary N) is 1. The first-order valence-corrected chi connectivity index (χ1v) is 9.68. The molecule has 6 heteroatoms. The van der Waals surface area contributed by atoms with E-state index in [2.05, 4.69) is 4.98 Å². The Hall–Kier alpha value is -3.28. The number of aromatic nitrogens is 2. The van der Waals surface area contributed by atoms with Crippen LogP contribution in [0.25, 0.3) is 22.5 Å². The maximum atomic E-state index is 11.3. The van der Waals surface area contributed by atoms with Gasteiger partial charge in [0.25, 0.3) is 0 Å². The molecular weight excluding hydrogens is 368 g/mol. The van der Waals surface area contributed by atoms with Crippen LogP contribution in [0.5, 0.6) is 11.5 Å². The lowest BCUT2D eigenvalue weighted by Gasteiger charge is -2.06. The van der Waals surface area contributed by atoms with Gasteiger partial charge in [-0.25, -0.2) is 4.98 Å². The molecule has 2 aromatic carbocycles. The van der Waals surface area contributed by atoms with E-state index in [1.165, 1.54) is 0 Å². The molecule has 0 fully saturated rings. The predicted molar refractivity (Wildman–Crippen MR) is 112 cm³/mol. The predicted octanol–water partition coefficient (Wildman–Crippen LogP) is 4.65. The summed E-state index contributed by atoms with van der Waals surface area (Å²) in [5.74, 6) is 2.28. The lowest BCUT2D eigenvalue weighted by atomic mass is 10.0. The second-order valence-electron chi connectivity index (χ2n) is 6.54. The zero-order chi connectivity index (χ0) is 20.6. The molecule has 152 valence electrons. The van der Waals surface area contributed by atoms with Gasteiger partial charge in [0.1, 0.15) is 17.3 Å². The van der Waals surface area contributed by atoms with Crippen molar-refractivity contribution in [2.45, 2.75) is 26.2 Å². The number of H-pyrrole nitrogens is 1. The van der Waals surface area contributed by atoms with Crippen molar-refractivity contribution in [2.24, 2.45) is 0 Å².